The minimum Gasteiger partial charge on any atom is -0.398 e. The molecule has 0 spiro atoms. The third-order valence-electron chi connectivity index (χ3n) is 4.23. The molecule has 0 aliphatic rings. The van der Waals surface area contributed by atoms with Crippen LogP contribution in [0, 0.1) is 0 Å². The Morgan fingerprint density at radius 1 is 0.571 bits per heavy atom. The van der Waals surface area contributed by atoms with Crippen molar-refractivity contribution in [3.63, 3.8) is 0 Å². The van der Waals surface area contributed by atoms with Crippen LogP contribution in [-0.2, 0) is 0 Å². The van der Waals surface area contributed by atoms with Crippen LogP contribution < -0.4 is 11.5 Å². The lowest BCUT2D eigenvalue weighted by Gasteiger charge is -2.17. The highest BCUT2D eigenvalue weighted by Crippen LogP contribution is 2.38. The first-order valence-corrected chi connectivity index (χ1v) is 8.49. The molecule has 0 atom stereocenters. The van der Waals surface area contributed by atoms with E-state index in [1.165, 1.54) is 0 Å². The Morgan fingerprint density at radius 2 is 1.00 bits per heavy atom. The average molecular weight is 368 g/mol. The van der Waals surface area contributed by atoms with Crippen LogP contribution in [0.1, 0.15) is 22.5 Å². The first kappa shape index (κ1) is 17.2. The van der Waals surface area contributed by atoms with Crippen LogP contribution in [0.15, 0.2) is 73.1 Å². The van der Waals surface area contributed by atoms with Gasteiger partial charge in [0.25, 0.3) is 0 Å². The first-order chi connectivity index (χ1) is 13.8. The largest absolute Gasteiger partial charge is 0.398 e. The highest BCUT2D eigenvalue weighted by atomic mass is 15.3. The fraction of sp³-hybridized carbons (Fsp3) is 0. The molecule has 0 saturated heterocycles. The zero-order valence-electron chi connectivity index (χ0n) is 14.8. The van der Waals surface area contributed by atoms with Gasteiger partial charge in [0, 0.05) is 33.6 Å². The van der Waals surface area contributed by atoms with Gasteiger partial charge in [0.15, 0.2) is 0 Å². The highest BCUT2D eigenvalue weighted by molar-refractivity contribution is 6.06. The molecule has 0 aliphatic heterocycles. The monoisotopic (exact) mass is 368 g/mol. The van der Waals surface area contributed by atoms with E-state index in [1.54, 1.807) is 24.5 Å². The van der Waals surface area contributed by atoms with Crippen LogP contribution >= 0.6 is 0 Å². The van der Waals surface area contributed by atoms with E-state index in [0.29, 0.717) is 22.8 Å². The van der Waals surface area contributed by atoms with E-state index in [0.717, 1.165) is 22.3 Å². The summed E-state index contributed by atoms with van der Waals surface area (Å²) in [6.07, 6.45) is 3.15. The lowest BCUT2D eigenvalue weighted by molar-refractivity contribution is 0.850. The molecule has 4 rings (SSSR count). The molecule has 136 valence electrons. The number of hydrogen-bond acceptors (Lipinski definition) is 8. The van der Waals surface area contributed by atoms with E-state index in [-0.39, 0.29) is 0 Å². The average Bonchev–Trinajstić information content (AvgIpc) is 2.75. The quantitative estimate of drug-likeness (QED) is 0.414. The van der Waals surface area contributed by atoms with Gasteiger partial charge in [-0.05, 0) is 34.7 Å². The van der Waals surface area contributed by atoms with Gasteiger partial charge in [-0.15, -0.1) is 20.4 Å². The van der Waals surface area contributed by atoms with Crippen LogP contribution in [0.4, 0.5) is 11.4 Å². The van der Waals surface area contributed by atoms with Gasteiger partial charge in [-0.25, -0.2) is 0 Å². The highest BCUT2D eigenvalue weighted by Gasteiger charge is 2.21. The van der Waals surface area contributed by atoms with Crippen molar-refractivity contribution in [1.29, 1.82) is 0 Å². The molecule has 0 amide bonds. The van der Waals surface area contributed by atoms with E-state index >= 15 is 0 Å². The predicted molar refractivity (Wildman–Crippen MR) is 106 cm³/mol. The van der Waals surface area contributed by atoms with Crippen LogP contribution in [0.2, 0.25) is 0 Å². The number of benzene rings is 2. The summed E-state index contributed by atoms with van der Waals surface area (Å²) in [5.74, 6) is 0. The summed E-state index contributed by atoms with van der Waals surface area (Å²) in [6.45, 7) is 0. The fourth-order valence-electron chi connectivity index (χ4n) is 3.00. The second-order valence-electron chi connectivity index (χ2n) is 5.94. The lowest BCUT2D eigenvalue weighted by Crippen LogP contribution is -2.06. The SMILES string of the molecule is Nc1ccccc1C(=C(c1ccnnn1)c1ccccc1N)c1ccnnn1. The summed E-state index contributed by atoms with van der Waals surface area (Å²) in [7, 11) is 0. The third-order valence-corrected chi connectivity index (χ3v) is 4.23. The molecule has 8 nitrogen and oxygen atoms in total. The molecule has 2 aromatic heterocycles. The van der Waals surface area contributed by atoms with Crippen LogP contribution in [0.3, 0.4) is 0 Å². The Morgan fingerprint density at radius 3 is 1.36 bits per heavy atom. The van der Waals surface area contributed by atoms with Crippen LogP contribution in [-0.4, -0.2) is 30.8 Å². The Hall–Kier alpha value is -4.20. The van der Waals surface area contributed by atoms with E-state index in [2.05, 4.69) is 30.8 Å². The van der Waals surface area contributed by atoms with Crippen molar-refractivity contribution in [3.05, 3.63) is 95.6 Å². The van der Waals surface area contributed by atoms with Gasteiger partial charge in [0.2, 0.25) is 0 Å². The second kappa shape index (κ2) is 7.58. The van der Waals surface area contributed by atoms with Gasteiger partial charge in [-0.3, -0.25) is 0 Å². The van der Waals surface area contributed by atoms with Crippen molar-refractivity contribution >= 4 is 22.5 Å². The number of nitrogen functional groups attached to an aromatic ring is 2. The maximum absolute atomic E-state index is 6.31. The van der Waals surface area contributed by atoms with Gasteiger partial charge < -0.3 is 11.5 Å². The summed E-state index contributed by atoms with van der Waals surface area (Å²) in [6, 6.07) is 18.6. The summed E-state index contributed by atoms with van der Waals surface area (Å²) in [4.78, 5) is 0. The molecule has 0 radical (unpaired) electrons. The van der Waals surface area contributed by atoms with Crippen LogP contribution in [0.25, 0.3) is 11.1 Å². The van der Waals surface area contributed by atoms with Crippen molar-refractivity contribution in [2.75, 3.05) is 11.5 Å². The van der Waals surface area contributed by atoms with Crippen molar-refractivity contribution in [2.45, 2.75) is 0 Å². The molecule has 2 heterocycles. The fourth-order valence-corrected chi connectivity index (χ4v) is 3.00. The zero-order valence-corrected chi connectivity index (χ0v) is 14.8. The molecule has 0 unspecified atom stereocenters. The molecule has 4 N–H and O–H groups in total. The van der Waals surface area contributed by atoms with Crippen molar-refractivity contribution < 1.29 is 0 Å². The van der Waals surface area contributed by atoms with Gasteiger partial charge in [0.1, 0.15) is 0 Å². The molecule has 0 bridgehead atoms. The van der Waals surface area contributed by atoms with Crippen LogP contribution in [0.5, 0.6) is 0 Å². The van der Waals surface area contributed by atoms with Gasteiger partial charge >= 0.3 is 0 Å². The maximum Gasteiger partial charge on any atom is 0.0977 e. The summed E-state index contributed by atoms with van der Waals surface area (Å²) < 4.78 is 0. The van der Waals surface area contributed by atoms with Gasteiger partial charge in [-0.2, -0.15) is 0 Å². The van der Waals surface area contributed by atoms with Crippen molar-refractivity contribution in [2.24, 2.45) is 0 Å². The van der Waals surface area contributed by atoms with Gasteiger partial charge in [0.05, 0.1) is 23.8 Å². The number of rotatable bonds is 4. The van der Waals surface area contributed by atoms with E-state index in [1.807, 2.05) is 48.5 Å². The molecule has 0 saturated carbocycles. The molecule has 4 aromatic rings. The van der Waals surface area contributed by atoms with E-state index < -0.39 is 0 Å². The molecule has 28 heavy (non-hydrogen) atoms. The zero-order chi connectivity index (χ0) is 19.3. The topological polar surface area (TPSA) is 129 Å². The molecular weight excluding hydrogens is 352 g/mol. The summed E-state index contributed by atoms with van der Waals surface area (Å²) in [5.41, 5.74) is 18.0. The number of anilines is 2. The number of hydrogen-bond donors (Lipinski definition) is 2. The number of para-hydroxylation sites is 2. The molecular formula is C20H16N8. The Labute approximate surface area is 161 Å². The molecule has 0 fully saturated rings. The third kappa shape index (κ3) is 3.26. The van der Waals surface area contributed by atoms with Gasteiger partial charge in [-0.1, -0.05) is 36.4 Å². The number of nitrogens with zero attached hydrogens (tertiary/aromatic N) is 6. The normalized spacial score (nSPS) is 11.7. The maximum atomic E-state index is 6.31. The second-order valence-corrected chi connectivity index (χ2v) is 5.94. The number of aromatic nitrogens is 6. The van der Waals surface area contributed by atoms with E-state index in [4.69, 9.17) is 11.5 Å². The number of nitrogens with two attached hydrogens (primary N) is 2. The Bertz CT molecular complexity index is 1040. The van der Waals surface area contributed by atoms with Crippen molar-refractivity contribution in [3.8, 4) is 0 Å². The standard InChI is InChI=1S/C20H16N8/c21-15-7-3-1-5-13(15)19(17-9-11-23-27-25-17)20(18-10-12-24-28-26-18)14-6-2-4-8-16(14)22/h1-12H,21-22H2. The minimum atomic E-state index is 0.588. The minimum absolute atomic E-state index is 0.588. The molecule has 2 aromatic carbocycles. The summed E-state index contributed by atoms with van der Waals surface area (Å²) in [5, 5.41) is 23.6. The Kier molecular flexibility index (Phi) is 4.67. The lowest BCUT2D eigenvalue weighted by atomic mass is 9.89. The predicted octanol–water partition coefficient (Wildman–Crippen LogP) is 2.23. The Balaban J connectivity index is 2.16. The molecule has 8 heteroatoms. The summed E-state index contributed by atoms with van der Waals surface area (Å²) >= 11 is 0. The smallest absolute Gasteiger partial charge is 0.0977 e. The van der Waals surface area contributed by atoms with Crippen molar-refractivity contribution in [1.82, 2.24) is 30.8 Å². The first-order valence-electron chi connectivity index (χ1n) is 8.49. The van der Waals surface area contributed by atoms with E-state index in [9.17, 15) is 0 Å². The molecule has 0 aliphatic carbocycles.